The molecule has 2 aromatic heterocycles. The Balaban J connectivity index is 2.11. The molecule has 78 valence electrons. The van der Waals surface area contributed by atoms with Crippen LogP contribution in [0.25, 0.3) is 0 Å². The number of nitrogens with one attached hydrogen (secondary N) is 1. The Bertz CT molecular complexity index is 407. The van der Waals surface area contributed by atoms with Crippen LogP contribution >= 0.6 is 11.8 Å². The fourth-order valence-electron chi connectivity index (χ4n) is 1.13. The Morgan fingerprint density at radius 3 is 2.80 bits per heavy atom. The lowest BCUT2D eigenvalue weighted by atomic mass is 10.2. The van der Waals surface area contributed by atoms with Crippen LogP contribution in [0.3, 0.4) is 0 Å². The summed E-state index contributed by atoms with van der Waals surface area (Å²) in [5.41, 5.74) is 6.78. The number of pyridine rings is 1. The molecule has 3 N–H and O–H groups in total. The third-order valence-electron chi connectivity index (χ3n) is 1.96. The van der Waals surface area contributed by atoms with E-state index in [9.17, 15) is 0 Å². The second-order valence-electron chi connectivity index (χ2n) is 3.21. The van der Waals surface area contributed by atoms with Crippen LogP contribution in [-0.4, -0.2) is 15.0 Å². The number of rotatable bonds is 3. The van der Waals surface area contributed by atoms with E-state index in [0.29, 0.717) is 0 Å². The Labute approximate surface area is 92.3 Å². The molecule has 0 saturated heterocycles. The van der Waals surface area contributed by atoms with E-state index in [1.807, 2.05) is 19.1 Å². The average molecular weight is 220 g/mol. The fourth-order valence-corrected chi connectivity index (χ4v) is 1.81. The first-order valence-corrected chi connectivity index (χ1v) is 5.46. The highest BCUT2D eigenvalue weighted by molar-refractivity contribution is 7.99. The van der Waals surface area contributed by atoms with Crippen LogP contribution in [0.5, 0.6) is 0 Å². The average Bonchev–Trinajstić information content (AvgIpc) is 2.71. The topological polar surface area (TPSA) is 67.6 Å². The first kappa shape index (κ1) is 10.2. The molecule has 15 heavy (non-hydrogen) atoms. The summed E-state index contributed by atoms with van der Waals surface area (Å²) in [6.07, 6.45) is 5.31. The van der Waals surface area contributed by atoms with E-state index < -0.39 is 0 Å². The molecule has 0 aliphatic carbocycles. The fraction of sp³-hybridized carbons (Fsp3) is 0.200. The van der Waals surface area contributed by atoms with Gasteiger partial charge in [-0.1, -0.05) is 6.07 Å². The minimum atomic E-state index is 0.0279. The van der Waals surface area contributed by atoms with E-state index >= 15 is 0 Å². The van der Waals surface area contributed by atoms with Gasteiger partial charge in [0.05, 0.1) is 0 Å². The number of H-pyrrole nitrogens is 1. The van der Waals surface area contributed by atoms with Crippen LogP contribution in [0.1, 0.15) is 18.5 Å². The minimum absolute atomic E-state index is 0.0279. The zero-order valence-electron chi connectivity index (χ0n) is 8.34. The van der Waals surface area contributed by atoms with Gasteiger partial charge in [0, 0.05) is 24.6 Å². The first-order chi connectivity index (χ1) is 7.25. The van der Waals surface area contributed by atoms with Gasteiger partial charge in [0.1, 0.15) is 5.03 Å². The van der Waals surface area contributed by atoms with Gasteiger partial charge in [-0.2, -0.15) is 0 Å². The van der Waals surface area contributed by atoms with Crippen molar-refractivity contribution in [2.75, 3.05) is 0 Å². The molecule has 0 saturated carbocycles. The molecular formula is C10H12N4S. The lowest BCUT2D eigenvalue weighted by Gasteiger charge is -2.04. The molecule has 1 atom stereocenters. The van der Waals surface area contributed by atoms with Crippen LogP contribution in [0, 0.1) is 0 Å². The number of imidazole rings is 1. The van der Waals surface area contributed by atoms with Crippen molar-refractivity contribution in [3.05, 3.63) is 36.3 Å². The van der Waals surface area contributed by atoms with Crippen molar-refractivity contribution in [3.8, 4) is 0 Å². The molecule has 0 aliphatic rings. The lowest BCUT2D eigenvalue weighted by Crippen LogP contribution is -2.04. The van der Waals surface area contributed by atoms with E-state index in [0.717, 1.165) is 15.7 Å². The third kappa shape index (κ3) is 2.57. The van der Waals surface area contributed by atoms with Gasteiger partial charge in [0.15, 0.2) is 5.16 Å². The maximum absolute atomic E-state index is 5.73. The van der Waals surface area contributed by atoms with Gasteiger partial charge in [-0.05, 0) is 30.3 Å². The normalized spacial score (nSPS) is 12.7. The van der Waals surface area contributed by atoms with Crippen LogP contribution in [0.2, 0.25) is 0 Å². The highest BCUT2D eigenvalue weighted by atomic mass is 32.2. The van der Waals surface area contributed by atoms with Crippen molar-refractivity contribution in [2.24, 2.45) is 5.73 Å². The number of hydrogen-bond acceptors (Lipinski definition) is 4. The molecule has 1 unspecified atom stereocenters. The van der Waals surface area contributed by atoms with Gasteiger partial charge < -0.3 is 10.7 Å². The molecule has 0 amide bonds. The largest absolute Gasteiger partial charge is 0.339 e. The van der Waals surface area contributed by atoms with E-state index in [-0.39, 0.29) is 6.04 Å². The quantitative estimate of drug-likeness (QED) is 0.830. The molecule has 0 fully saturated rings. The molecule has 5 heteroatoms. The smallest absolute Gasteiger partial charge is 0.171 e. The van der Waals surface area contributed by atoms with Gasteiger partial charge in [0.2, 0.25) is 0 Å². The Kier molecular flexibility index (Phi) is 3.03. The summed E-state index contributed by atoms with van der Waals surface area (Å²) in [7, 11) is 0. The Morgan fingerprint density at radius 2 is 2.27 bits per heavy atom. The minimum Gasteiger partial charge on any atom is -0.339 e. The molecule has 4 nitrogen and oxygen atoms in total. The van der Waals surface area contributed by atoms with Crippen LogP contribution in [0.15, 0.2) is 40.9 Å². The molecule has 0 bridgehead atoms. The number of aromatic nitrogens is 3. The number of nitrogens with zero attached hydrogens (tertiary/aromatic N) is 2. The monoisotopic (exact) mass is 220 g/mol. The van der Waals surface area contributed by atoms with Crippen molar-refractivity contribution >= 4 is 11.8 Å². The van der Waals surface area contributed by atoms with Gasteiger partial charge in [0.25, 0.3) is 0 Å². The van der Waals surface area contributed by atoms with Crippen LogP contribution < -0.4 is 5.73 Å². The van der Waals surface area contributed by atoms with Gasteiger partial charge in [-0.25, -0.2) is 9.97 Å². The number of aromatic amines is 1. The van der Waals surface area contributed by atoms with E-state index in [1.54, 1.807) is 18.6 Å². The van der Waals surface area contributed by atoms with Crippen molar-refractivity contribution in [2.45, 2.75) is 23.1 Å². The predicted molar refractivity (Wildman–Crippen MR) is 59.6 cm³/mol. The second kappa shape index (κ2) is 4.46. The van der Waals surface area contributed by atoms with Crippen LogP contribution in [0.4, 0.5) is 0 Å². The Hall–Kier alpha value is -1.33. The summed E-state index contributed by atoms with van der Waals surface area (Å²) in [6, 6.07) is 3.97. The highest BCUT2D eigenvalue weighted by Crippen LogP contribution is 2.22. The summed E-state index contributed by atoms with van der Waals surface area (Å²) in [6.45, 7) is 1.94. The maximum atomic E-state index is 5.73. The van der Waals surface area contributed by atoms with E-state index in [4.69, 9.17) is 5.73 Å². The molecule has 0 radical (unpaired) electrons. The Morgan fingerprint density at radius 1 is 1.40 bits per heavy atom. The highest BCUT2D eigenvalue weighted by Gasteiger charge is 2.02. The predicted octanol–water partition coefficient (Wildman–Crippen LogP) is 1.98. The molecule has 2 heterocycles. The molecule has 0 aliphatic heterocycles. The van der Waals surface area contributed by atoms with E-state index in [1.165, 1.54) is 11.8 Å². The zero-order valence-corrected chi connectivity index (χ0v) is 9.16. The summed E-state index contributed by atoms with van der Waals surface area (Å²) in [4.78, 5) is 11.4. The summed E-state index contributed by atoms with van der Waals surface area (Å²) < 4.78 is 0. The zero-order chi connectivity index (χ0) is 10.7. The van der Waals surface area contributed by atoms with Crippen molar-refractivity contribution in [1.82, 2.24) is 15.0 Å². The molecule has 0 aromatic carbocycles. The van der Waals surface area contributed by atoms with Gasteiger partial charge in [-0.15, -0.1) is 0 Å². The summed E-state index contributed by atoms with van der Waals surface area (Å²) in [5, 5.41) is 1.75. The maximum Gasteiger partial charge on any atom is 0.171 e. The lowest BCUT2D eigenvalue weighted by molar-refractivity contribution is 0.806. The summed E-state index contributed by atoms with van der Waals surface area (Å²) >= 11 is 1.50. The van der Waals surface area contributed by atoms with Gasteiger partial charge >= 0.3 is 0 Å². The molecule has 2 aromatic rings. The third-order valence-corrected chi connectivity index (χ3v) is 2.83. The second-order valence-corrected chi connectivity index (χ2v) is 4.22. The number of hydrogen-bond donors (Lipinski definition) is 2. The van der Waals surface area contributed by atoms with Crippen molar-refractivity contribution in [3.63, 3.8) is 0 Å². The standard InChI is InChI=1S/C10H12N4S/c1-7(11)8-2-3-9(14-6-8)15-10-12-4-5-13-10/h2-7H,11H2,1H3,(H,12,13). The first-order valence-electron chi connectivity index (χ1n) is 4.64. The molecule has 0 spiro atoms. The summed E-state index contributed by atoms with van der Waals surface area (Å²) in [5.74, 6) is 0. The van der Waals surface area contributed by atoms with Crippen molar-refractivity contribution < 1.29 is 0 Å². The van der Waals surface area contributed by atoms with Crippen LogP contribution in [-0.2, 0) is 0 Å². The van der Waals surface area contributed by atoms with E-state index in [2.05, 4.69) is 15.0 Å². The van der Waals surface area contributed by atoms with Crippen molar-refractivity contribution in [1.29, 1.82) is 0 Å². The van der Waals surface area contributed by atoms with Gasteiger partial charge in [-0.3, -0.25) is 0 Å². The molecule has 2 rings (SSSR count). The number of nitrogens with two attached hydrogens (primary N) is 1. The SMILES string of the molecule is CC(N)c1ccc(Sc2ncc[nH]2)nc1. The molecular weight excluding hydrogens is 208 g/mol.